The van der Waals surface area contributed by atoms with E-state index in [9.17, 15) is 0 Å². The average Bonchev–Trinajstić information content (AvgIpc) is 3.26. The fourth-order valence-electron chi connectivity index (χ4n) is 4.76. The summed E-state index contributed by atoms with van der Waals surface area (Å²) in [6.07, 6.45) is 0. The number of oxazole rings is 1. The van der Waals surface area contributed by atoms with E-state index in [0.29, 0.717) is 0 Å². The molecule has 0 saturated carbocycles. The Morgan fingerprint density at radius 2 is 1.42 bits per heavy atom. The number of para-hydroxylation sites is 1. The maximum atomic E-state index is 6.61. The highest BCUT2D eigenvalue weighted by Crippen LogP contribution is 2.36. The summed E-state index contributed by atoms with van der Waals surface area (Å²) in [5.74, 6) is 2.15. The van der Waals surface area contributed by atoms with E-state index in [1.165, 1.54) is 11.1 Å². The topological polar surface area (TPSA) is 30.2 Å². The number of rotatable bonds is 3. The van der Waals surface area contributed by atoms with Gasteiger partial charge in [-0.3, -0.25) is 0 Å². The third-order valence-corrected chi connectivity index (χ3v) is 6.27. The minimum atomic E-state index is 0.277. The maximum absolute atomic E-state index is 6.61. The highest BCUT2D eigenvalue weighted by molar-refractivity contribution is 6.07. The van der Waals surface area contributed by atoms with E-state index in [4.69, 9.17) is 8.83 Å². The standard InChI is InChI=1S/C28H28NO2/c1-16(2)26-20(6)29(28(31-26)24-17(3)10-9-11-18(24)4)25-19(5)14-15-22-21-12-7-8-13-23(21)30-27(22)25/h7-16H,1-6H3/q+1. The molecule has 0 unspecified atom stereocenters. The third-order valence-electron chi connectivity index (χ3n) is 6.27. The molecule has 0 saturated heterocycles. The molecule has 0 aliphatic carbocycles. The van der Waals surface area contributed by atoms with Gasteiger partial charge < -0.3 is 8.83 Å². The van der Waals surface area contributed by atoms with Crippen LogP contribution in [0.3, 0.4) is 0 Å². The van der Waals surface area contributed by atoms with Crippen LogP contribution in [0.25, 0.3) is 39.1 Å². The normalized spacial score (nSPS) is 11.8. The summed E-state index contributed by atoms with van der Waals surface area (Å²) in [6.45, 7) is 12.9. The summed E-state index contributed by atoms with van der Waals surface area (Å²) >= 11 is 0. The average molecular weight is 411 g/mol. The van der Waals surface area contributed by atoms with Gasteiger partial charge in [0.1, 0.15) is 5.58 Å². The molecule has 3 nitrogen and oxygen atoms in total. The van der Waals surface area contributed by atoms with Gasteiger partial charge in [0.15, 0.2) is 5.76 Å². The maximum Gasteiger partial charge on any atom is 0.387 e. The molecule has 5 aromatic rings. The Kier molecular flexibility index (Phi) is 4.51. The molecule has 2 aromatic heterocycles. The van der Waals surface area contributed by atoms with Crippen molar-refractivity contribution in [1.82, 2.24) is 0 Å². The van der Waals surface area contributed by atoms with Gasteiger partial charge in [-0.25, -0.2) is 0 Å². The number of hydrogen-bond acceptors (Lipinski definition) is 2. The fourth-order valence-corrected chi connectivity index (χ4v) is 4.76. The monoisotopic (exact) mass is 410 g/mol. The molecule has 0 atom stereocenters. The van der Waals surface area contributed by atoms with E-state index in [2.05, 4.69) is 88.6 Å². The quantitative estimate of drug-likeness (QED) is 0.289. The van der Waals surface area contributed by atoms with Gasteiger partial charge in [0.2, 0.25) is 11.3 Å². The number of benzene rings is 3. The molecule has 3 heteroatoms. The molecule has 2 heterocycles. The van der Waals surface area contributed by atoms with Crippen LogP contribution in [0.15, 0.2) is 63.4 Å². The van der Waals surface area contributed by atoms with E-state index in [1.54, 1.807) is 0 Å². The van der Waals surface area contributed by atoms with Crippen LogP contribution in [-0.4, -0.2) is 0 Å². The summed E-state index contributed by atoms with van der Waals surface area (Å²) in [7, 11) is 0. The van der Waals surface area contributed by atoms with Gasteiger partial charge in [-0.15, -0.1) is 4.57 Å². The molecule has 0 radical (unpaired) electrons. The van der Waals surface area contributed by atoms with Crippen LogP contribution < -0.4 is 4.57 Å². The van der Waals surface area contributed by atoms with Crippen LogP contribution in [0.1, 0.15) is 47.9 Å². The predicted molar refractivity (Wildman–Crippen MR) is 126 cm³/mol. The molecule has 3 aromatic carbocycles. The first-order chi connectivity index (χ1) is 14.9. The zero-order valence-corrected chi connectivity index (χ0v) is 19.0. The molecule has 0 aliphatic rings. The van der Waals surface area contributed by atoms with Crippen LogP contribution >= 0.6 is 0 Å². The lowest BCUT2D eigenvalue weighted by Gasteiger charge is -2.06. The van der Waals surface area contributed by atoms with Gasteiger partial charge in [0.05, 0.1) is 5.56 Å². The van der Waals surface area contributed by atoms with E-state index < -0.39 is 0 Å². The SMILES string of the molecule is Cc1cccc(C)c1-c1oc(C(C)C)c(C)[n+]1-c1c(C)ccc2c1oc1ccccc12. The predicted octanol–water partition coefficient (Wildman–Crippen LogP) is 7.48. The number of hydrogen-bond donors (Lipinski definition) is 0. The van der Waals surface area contributed by atoms with Gasteiger partial charge >= 0.3 is 5.89 Å². The van der Waals surface area contributed by atoms with Crippen molar-refractivity contribution in [1.29, 1.82) is 0 Å². The molecule has 0 aliphatic heterocycles. The molecule has 0 bridgehead atoms. The van der Waals surface area contributed by atoms with Crippen LogP contribution in [0.5, 0.6) is 0 Å². The first-order valence-corrected chi connectivity index (χ1v) is 10.9. The second kappa shape index (κ2) is 7.12. The Labute approximate surface area is 182 Å². The third kappa shape index (κ3) is 2.91. The molecule has 0 spiro atoms. The van der Waals surface area contributed by atoms with Crippen molar-refractivity contribution in [3.63, 3.8) is 0 Å². The van der Waals surface area contributed by atoms with Crippen molar-refractivity contribution >= 4 is 21.9 Å². The molecule has 31 heavy (non-hydrogen) atoms. The lowest BCUT2D eigenvalue weighted by atomic mass is 10.0. The van der Waals surface area contributed by atoms with Gasteiger partial charge in [0.25, 0.3) is 5.69 Å². The number of nitrogens with zero attached hydrogens (tertiary/aromatic N) is 1. The Morgan fingerprint density at radius 1 is 0.710 bits per heavy atom. The molecule has 5 rings (SSSR count). The summed E-state index contributed by atoms with van der Waals surface area (Å²) < 4.78 is 15.3. The van der Waals surface area contributed by atoms with Gasteiger partial charge in [-0.05, 0) is 44.0 Å². The summed E-state index contributed by atoms with van der Waals surface area (Å²) in [4.78, 5) is 0. The Hall–Kier alpha value is -3.33. The molecule has 0 N–H and O–H groups in total. The van der Waals surface area contributed by atoms with Crippen molar-refractivity contribution in [3.05, 3.63) is 82.7 Å². The second-order valence-electron chi connectivity index (χ2n) is 8.82. The highest BCUT2D eigenvalue weighted by atomic mass is 16.4. The smallest absolute Gasteiger partial charge is 0.387 e. The molecular weight excluding hydrogens is 382 g/mol. The lowest BCUT2D eigenvalue weighted by Crippen LogP contribution is -2.36. The minimum absolute atomic E-state index is 0.277. The number of aromatic nitrogens is 1. The van der Waals surface area contributed by atoms with Crippen LogP contribution in [0.4, 0.5) is 0 Å². The molecule has 0 fully saturated rings. The van der Waals surface area contributed by atoms with Gasteiger partial charge in [-0.1, -0.05) is 56.3 Å². The second-order valence-corrected chi connectivity index (χ2v) is 8.82. The molecular formula is C28H28NO2+. The summed E-state index contributed by atoms with van der Waals surface area (Å²) in [6, 6.07) is 19.0. The highest BCUT2D eigenvalue weighted by Gasteiger charge is 2.35. The van der Waals surface area contributed by atoms with E-state index in [-0.39, 0.29) is 5.92 Å². The van der Waals surface area contributed by atoms with E-state index >= 15 is 0 Å². The van der Waals surface area contributed by atoms with E-state index in [1.807, 2.05) is 12.1 Å². The molecule has 0 amide bonds. The van der Waals surface area contributed by atoms with Gasteiger partial charge in [-0.2, -0.15) is 0 Å². The minimum Gasteiger partial charge on any atom is -0.449 e. The Morgan fingerprint density at radius 3 is 2.13 bits per heavy atom. The summed E-state index contributed by atoms with van der Waals surface area (Å²) in [5.41, 5.74) is 8.68. The van der Waals surface area contributed by atoms with Crippen molar-refractivity contribution in [2.75, 3.05) is 0 Å². The van der Waals surface area contributed by atoms with Crippen LogP contribution in [0, 0.1) is 27.7 Å². The number of aryl methyl sites for hydroxylation is 3. The Balaban J connectivity index is 1.94. The van der Waals surface area contributed by atoms with Crippen molar-refractivity contribution in [2.45, 2.75) is 47.5 Å². The number of fused-ring (bicyclic) bond motifs is 3. The first kappa shape index (κ1) is 19.6. The van der Waals surface area contributed by atoms with Crippen LogP contribution in [0.2, 0.25) is 0 Å². The summed E-state index contributed by atoms with van der Waals surface area (Å²) in [5, 5.41) is 2.26. The van der Waals surface area contributed by atoms with E-state index in [0.717, 1.165) is 56.1 Å². The first-order valence-electron chi connectivity index (χ1n) is 10.9. The van der Waals surface area contributed by atoms with Crippen molar-refractivity contribution in [3.8, 4) is 17.1 Å². The van der Waals surface area contributed by atoms with Crippen LogP contribution in [-0.2, 0) is 0 Å². The number of furan rings is 1. The fraction of sp³-hybridized carbons (Fsp3) is 0.250. The Bertz CT molecular complexity index is 1430. The zero-order valence-electron chi connectivity index (χ0n) is 19.0. The molecule has 156 valence electrons. The van der Waals surface area contributed by atoms with Gasteiger partial charge in [0, 0.05) is 29.2 Å². The zero-order chi connectivity index (χ0) is 21.9. The lowest BCUT2D eigenvalue weighted by molar-refractivity contribution is -0.592. The van der Waals surface area contributed by atoms with Crippen molar-refractivity contribution in [2.24, 2.45) is 0 Å². The van der Waals surface area contributed by atoms with Crippen molar-refractivity contribution < 1.29 is 13.4 Å². The largest absolute Gasteiger partial charge is 0.449 e.